The fourth-order valence-electron chi connectivity index (χ4n) is 4.52. The summed E-state index contributed by atoms with van der Waals surface area (Å²) in [4.78, 5) is 31.2. The topological polar surface area (TPSA) is 128 Å². The van der Waals surface area contributed by atoms with Gasteiger partial charge in [-0.15, -0.1) is 6.58 Å². The first-order chi connectivity index (χ1) is 19.3. The quantitative estimate of drug-likeness (QED) is 0.316. The maximum atomic E-state index is 12.8. The van der Waals surface area contributed by atoms with Crippen LogP contribution in [0, 0.1) is 0 Å². The van der Waals surface area contributed by atoms with Crippen molar-refractivity contribution in [1.82, 2.24) is 25.2 Å². The van der Waals surface area contributed by atoms with E-state index in [1.807, 2.05) is 12.1 Å². The van der Waals surface area contributed by atoms with Gasteiger partial charge in [0.1, 0.15) is 17.2 Å². The van der Waals surface area contributed by atoms with E-state index in [1.165, 1.54) is 24.7 Å². The first-order valence-corrected chi connectivity index (χ1v) is 15.6. The lowest BCUT2D eigenvalue weighted by Crippen LogP contribution is -2.47. The first-order valence-electron chi connectivity index (χ1n) is 13.3. The lowest BCUT2D eigenvalue weighted by Gasteiger charge is -2.36. The number of pyridine rings is 1. The molecule has 1 amide bonds. The van der Waals surface area contributed by atoms with Crippen molar-refractivity contribution in [2.45, 2.75) is 18.9 Å². The van der Waals surface area contributed by atoms with Gasteiger partial charge in [0.2, 0.25) is 5.95 Å². The van der Waals surface area contributed by atoms with Gasteiger partial charge in [0, 0.05) is 78.6 Å². The zero-order chi connectivity index (χ0) is 28.1. The summed E-state index contributed by atoms with van der Waals surface area (Å²) < 4.78 is 16.3. The van der Waals surface area contributed by atoms with Gasteiger partial charge in [0.15, 0.2) is 5.82 Å². The number of aromatic nitrogens is 3. The SMILES string of the molecule is C=CCNC(=O)c1cnc(Nc2ccc(N3CCN(C4CC4)CC3)cc2)nc1Nc1cccc(N=S(C)(C)=O)n1. The Balaban J connectivity index is 1.33. The van der Waals surface area contributed by atoms with E-state index in [9.17, 15) is 9.00 Å². The van der Waals surface area contributed by atoms with E-state index in [2.05, 4.69) is 63.8 Å². The van der Waals surface area contributed by atoms with Crippen LogP contribution in [0.1, 0.15) is 23.2 Å². The Morgan fingerprint density at radius 1 is 1.07 bits per heavy atom. The van der Waals surface area contributed by atoms with Crippen LogP contribution in [-0.2, 0) is 9.73 Å². The molecule has 40 heavy (non-hydrogen) atoms. The van der Waals surface area contributed by atoms with Crippen LogP contribution < -0.4 is 20.9 Å². The van der Waals surface area contributed by atoms with Crippen molar-refractivity contribution in [1.29, 1.82) is 0 Å². The standard InChI is InChI=1S/C28H35N9O2S/c1-4-14-29-27(38)23-19-30-28(34-26(23)33-24-6-5-7-25(32-24)35-40(2,3)39)31-20-8-10-21(11-9-20)36-15-17-37(18-16-36)22-12-13-22/h4-11,19,22H,1,12-18H2,2-3H3,(H,29,38)(H2,30,31,32,33,34). The average Bonchev–Trinajstić information content (AvgIpc) is 3.78. The molecule has 0 unspecified atom stereocenters. The zero-order valence-electron chi connectivity index (χ0n) is 22.8. The smallest absolute Gasteiger partial charge is 0.256 e. The largest absolute Gasteiger partial charge is 0.369 e. The summed E-state index contributed by atoms with van der Waals surface area (Å²) in [6, 6.07) is 14.1. The number of nitrogens with zero attached hydrogens (tertiary/aromatic N) is 6. The molecular weight excluding hydrogens is 526 g/mol. The Bertz CT molecular complexity index is 1480. The molecule has 2 fully saturated rings. The molecule has 0 bridgehead atoms. The van der Waals surface area contributed by atoms with Crippen molar-refractivity contribution in [2.24, 2.45) is 4.36 Å². The number of carbonyl (C=O) groups excluding carboxylic acids is 1. The maximum Gasteiger partial charge on any atom is 0.256 e. The van der Waals surface area contributed by atoms with Crippen molar-refractivity contribution in [2.75, 3.05) is 60.8 Å². The summed E-state index contributed by atoms with van der Waals surface area (Å²) >= 11 is 0. The Hall–Kier alpha value is -4.03. The molecule has 1 saturated heterocycles. The third-order valence-electron chi connectivity index (χ3n) is 6.60. The van der Waals surface area contributed by atoms with Gasteiger partial charge in [-0.05, 0) is 49.2 Å². The second-order valence-corrected chi connectivity index (χ2v) is 12.7. The van der Waals surface area contributed by atoms with Crippen LogP contribution in [-0.4, -0.2) is 81.2 Å². The van der Waals surface area contributed by atoms with Crippen LogP contribution >= 0.6 is 0 Å². The summed E-state index contributed by atoms with van der Waals surface area (Å²) in [6.07, 6.45) is 8.83. The summed E-state index contributed by atoms with van der Waals surface area (Å²) in [5.41, 5.74) is 2.26. The van der Waals surface area contributed by atoms with Gasteiger partial charge in [0.25, 0.3) is 5.91 Å². The zero-order valence-corrected chi connectivity index (χ0v) is 23.7. The summed E-state index contributed by atoms with van der Waals surface area (Å²) in [6.45, 7) is 8.24. The van der Waals surface area contributed by atoms with E-state index in [4.69, 9.17) is 0 Å². The average molecular weight is 562 g/mol. The Labute approximate surface area is 235 Å². The van der Waals surface area contributed by atoms with Crippen molar-refractivity contribution < 1.29 is 9.00 Å². The molecule has 5 rings (SSSR count). The van der Waals surface area contributed by atoms with Gasteiger partial charge in [-0.1, -0.05) is 12.1 Å². The molecular formula is C28H35N9O2S. The Kier molecular flexibility index (Phi) is 8.27. The van der Waals surface area contributed by atoms with Crippen LogP contribution in [0.15, 0.2) is 65.7 Å². The van der Waals surface area contributed by atoms with Crippen LogP contribution in [0.25, 0.3) is 0 Å². The number of benzene rings is 1. The minimum Gasteiger partial charge on any atom is -0.369 e. The van der Waals surface area contributed by atoms with Gasteiger partial charge in [-0.2, -0.15) is 9.35 Å². The summed E-state index contributed by atoms with van der Waals surface area (Å²) in [5.74, 6) is 0.950. The molecule has 2 aromatic heterocycles. The molecule has 3 heterocycles. The number of carbonyl (C=O) groups is 1. The second-order valence-electron chi connectivity index (χ2n) is 10.2. The van der Waals surface area contributed by atoms with Crippen molar-refractivity contribution in [3.05, 3.63) is 66.9 Å². The molecule has 0 atom stereocenters. The number of amides is 1. The van der Waals surface area contributed by atoms with Gasteiger partial charge in [-0.25, -0.2) is 14.2 Å². The summed E-state index contributed by atoms with van der Waals surface area (Å²) in [7, 11) is -2.38. The highest BCUT2D eigenvalue weighted by Gasteiger charge is 2.31. The first kappa shape index (κ1) is 27.5. The van der Waals surface area contributed by atoms with Gasteiger partial charge < -0.3 is 20.9 Å². The number of hydrogen-bond donors (Lipinski definition) is 3. The number of nitrogens with one attached hydrogen (secondary N) is 3. The van der Waals surface area contributed by atoms with Gasteiger partial charge in [0.05, 0.1) is 0 Å². The van der Waals surface area contributed by atoms with Crippen molar-refractivity contribution in [3.63, 3.8) is 0 Å². The molecule has 1 saturated carbocycles. The highest BCUT2D eigenvalue weighted by Crippen LogP contribution is 2.29. The second kappa shape index (κ2) is 12.0. The summed E-state index contributed by atoms with van der Waals surface area (Å²) in [5, 5.41) is 9.08. The van der Waals surface area contributed by atoms with E-state index in [0.29, 0.717) is 24.1 Å². The fraction of sp³-hybridized carbons (Fsp3) is 0.357. The molecule has 3 aromatic rings. The monoisotopic (exact) mass is 561 g/mol. The van der Waals surface area contributed by atoms with E-state index in [1.54, 1.807) is 36.8 Å². The molecule has 210 valence electrons. The predicted molar refractivity (Wildman–Crippen MR) is 161 cm³/mol. The van der Waals surface area contributed by atoms with E-state index in [0.717, 1.165) is 37.9 Å². The van der Waals surface area contributed by atoms with Crippen molar-refractivity contribution >= 4 is 50.4 Å². The molecule has 1 aliphatic heterocycles. The fourth-order valence-corrected chi connectivity index (χ4v) is 5.08. The van der Waals surface area contributed by atoms with Crippen LogP contribution in [0.2, 0.25) is 0 Å². The number of piperazine rings is 1. The van der Waals surface area contributed by atoms with Gasteiger partial charge >= 0.3 is 0 Å². The molecule has 0 radical (unpaired) electrons. The number of rotatable bonds is 10. The van der Waals surface area contributed by atoms with E-state index >= 15 is 0 Å². The molecule has 3 N–H and O–H groups in total. The van der Waals surface area contributed by atoms with Crippen LogP contribution in [0.5, 0.6) is 0 Å². The minimum absolute atomic E-state index is 0.243. The highest BCUT2D eigenvalue weighted by molar-refractivity contribution is 7.92. The van der Waals surface area contributed by atoms with Crippen LogP contribution in [0.4, 0.5) is 34.8 Å². The molecule has 2 aliphatic rings. The maximum absolute atomic E-state index is 12.8. The van der Waals surface area contributed by atoms with E-state index < -0.39 is 9.73 Å². The van der Waals surface area contributed by atoms with Gasteiger partial charge in [-0.3, -0.25) is 9.69 Å². The third kappa shape index (κ3) is 7.33. The number of hydrogen-bond acceptors (Lipinski definition) is 10. The van der Waals surface area contributed by atoms with Crippen LogP contribution in [0.3, 0.4) is 0 Å². The molecule has 0 spiro atoms. The third-order valence-corrected chi connectivity index (χ3v) is 7.23. The Morgan fingerprint density at radius 3 is 2.50 bits per heavy atom. The lowest BCUT2D eigenvalue weighted by atomic mass is 10.2. The van der Waals surface area contributed by atoms with E-state index in [-0.39, 0.29) is 17.3 Å². The normalized spacial score (nSPS) is 15.8. The minimum atomic E-state index is -2.38. The number of anilines is 5. The molecule has 1 aliphatic carbocycles. The lowest BCUT2D eigenvalue weighted by molar-refractivity contribution is 0.0958. The molecule has 11 nitrogen and oxygen atoms in total. The highest BCUT2D eigenvalue weighted by atomic mass is 32.2. The molecule has 12 heteroatoms. The molecule has 1 aromatic carbocycles. The van der Waals surface area contributed by atoms with Crippen molar-refractivity contribution in [3.8, 4) is 0 Å². The Morgan fingerprint density at radius 2 is 1.82 bits per heavy atom. The predicted octanol–water partition coefficient (Wildman–Crippen LogP) is 3.92.